The SMILES string of the molecule is Cc1ccc(C(N)CCN(C)Cc2cccc(Cl)c2)cc1. The maximum Gasteiger partial charge on any atom is 0.0409 e. The summed E-state index contributed by atoms with van der Waals surface area (Å²) in [7, 11) is 2.11. The van der Waals surface area contributed by atoms with Crippen molar-refractivity contribution >= 4 is 11.6 Å². The number of rotatable bonds is 6. The van der Waals surface area contributed by atoms with Crippen molar-refractivity contribution in [1.82, 2.24) is 4.90 Å². The normalized spacial score (nSPS) is 12.6. The minimum Gasteiger partial charge on any atom is -0.324 e. The van der Waals surface area contributed by atoms with Crippen molar-refractivity contribution < 1.29 is 0 Å². The van der Waals surface area contributed by atoms with Crippen LogP contribution in [0.1, 0.15) is 29.2 Å². The number of hydrogen-bond acceptors (Lipinski definition) is 2. The highest BCUT2D eigenvalue weighted by atomic mass is 35.5. The van der Waals surface area contributed by atoms with E-state index in [-0.39, 0.29) is 6.04 Å². The van der Waals surface area contributed by atoms with Gasteiger partial charge >= 0.3 is 0 Å². The van der Waals surface area contributed by atoms with E-state index in [0.29, 0.717) is 0 Å². The lowest BCUT2D eigenvalue weighted by Gasteiger charge is -2.20. The van der Waals surface area contributed by atoms with Crippen LogP contribution in [0.4, 0.5) is 0 Å². The molecular weight excluding hydrogens is 280 g/mol. The van der Waals surface area contributed by atoms with Gasteiger partial charge in [-0.3, -0.25) is 0 Å². The molecule has 2 nitrogen and oxygen atoms in total. The van der Waals surface area contributed by atoms with Gasteiger partial charge in [-0.1, -0.05) is 53.6 Å². The van der Waals surface area contributed by atoms with E-state index < -0.39 is 0 Å². The van der Waals surface area contributed by atoms with Crippen LogP contribution < -0.4 is 5.73 Å². The molecular formula is C18H23ClN2. The predicted octanol–water partition coefficient (Wildman–Crippen LogP) is 4.17. The summed E-state index contributed by atoms with van der Waals surface area (Å²) in [6.45, 7) is 3.94. The van der Waals surface area contributed by atoms with Crippen LogP contribution in [0.5, 0.6) is 0 Å². The van der Waals surface area contributed by atoms with E-state index in [2.05, 4.69) is 49.2 Å². The first-order valence-corrected chi connectivity index (χ1v) is 7.67. The van der Waals surface area contributed by atoms with Gasteiger partial charge in [0.05, 0.1) is 0 Å². The van der Waals surface area contributed by atoms with Crippen molar-refractivity contribution in [3.05, 3.63) is 70.2 Å². The molecule has 2 N–H and O–H groups in total. The Bertz CT molecular complexity index is 566. The van der Waals surface area contributed by atoms with Gasteiger partial charge in [0.25, 0.3) is 0 Å². The van der Waals surface area contributed by atoms with Gasteiger partial charge in [0.1, 0.15) is 0 Å². The van der Waals surface area contributed by atoms with E-state index in [1.807, 2.05) is 18.2 Å². The third-order valence-corrected chi connectivity index (χ3v) is 3.90. The van der Waals surface area contributed by atoms with Gasteiger partial charge in [0, 0.05) is 17.6 Å². The summed E-state index contributed by atoms with van der Waals surface area (Å²) in [6.07, 6.45) is 0.945. The number of benzene rings is 2. The van der Waals surface area contributed by atoms with Crippen LogP contribution in [0.3, 0.4) is 0 Å². The minimum absolute atomic E-state index is 0.0902. The molecule has 0 amide bonds. The molecule has 0 aromatic heterocycles. The molecule has 2 aromatic carbocycles. The molecule has 1 atom stereocenters. The van der Waals surface area contributed by atoms with Gasteiger partial charge in [0.15, 0.2) is 0 Å². The Morgan fingerprint density at radius 1 is 1.14 bits per heavy atom. The highest BCUT2D eigenvalue weighted by Gasteiger charge is 2.08. The molecule has 3 heteroatoms. The first kappa shape index (κ1) is 16.0. The Morgan fingerprint density at radius 3 is 2.52 bits per heavy atom. The third kappa shape index (κ3) is 5.16. The Balaban J connectivity index is 1.83. The fourth-order valence-electron chi connectivity index (χ4n) is 2.37. The summed E-state index contributed by atoms with van der Waals surface area (Å²) in [5.41, 5.74) is 9.97. The van der Waals surface area contributed by atoms with Crippen LogP contribution in [0.2, 0.25) is 5.02 Å². The molecule has 1 unspecified atom stereocenters. The fraction of sp³-hybridized carbons (Fsp3) is 0.333. The lowest BCUT2D eigenvalue weighted by Crippen LogP contribution is -2.23. The zero-order valence-electron chi connectivity index (χ0n) is 12.7. The Labute approximate surface area is 132 Å². The first-order valence-electron chi connectivity index (χ1n) is 7.30. The molecule has 0 radical (unpaired) electrons. The molecule has 2 rings (SSSR count). The largest absolute Gasteiger partial charge is 0.324 e. The molecule has 0 saturated heterocycles. The van der Waals surface area contributed by atoms with Crippen LogP contribution in [-0.2, 0) is 6.54 Å². The van der Waals surface area contributed by atoms with E-state index in [0.717, 1.165) is 24.5 Å². The number of hydrogen-bond donors (Lipinski definition) is 1. The maximum atomic E-state index is 6.26. The van der Waals surface area contributed by atoms with Gasteiger partial charge in [-0.05, 0) is 50.2 Å². The monoisotopic (exact) mass is 302 g/mol. The van der Waals surface area contributed by atoms with Crippen LogP contribution in [0, 0.1) is 6.92 Å². The highest BCUT2D eigenvalue weighted by Crippen LogP contribution is 2.16. The number of nitrogens with two attached hydrogens (primary N) is 1. The smallest absolute Gasteiger partial charge is 0.0409 e. The molecule has 0 spiro atoms. The summed E-state index contributed by atoms with van der Waals surface area (Å²) in [4.78, 5) is 2.28. The number of halogens is 1. The molecule has 0 fully saturated rings. The second-order valence-electron chi connectivity index (χ2n) is 5.67. The van der Waals surface area contributed by atoms with Crippen molar-refractivity contribution in [2.45, 2.75) is 25.9 Å². The van der Waals surface area contributed by atoms with Crippen molar-refractivity contribution in [2.24, 2.45) is 5.73 Å². The van der Waals surface area contributed by atoms with E-state index >= 15 is 0 Å². The Hall–Kier alpha value is -1.35. The second kappa shape index (κ2) is 7.60. The molecule has 21 heavy (non-hydrogen) atoms. The molecule has 2 aromatic rings. The summed E-state index contributed by atoms with van der Waals surface area (Å²) in [5.74, 6) is 0. The van der Waals surface area contributed by atoms with Gasteiger partial charge in [0.2, 0.25) is 0 Å². The standard InChI is InChI=1S/C18H23ClN2/c1-14-6-8-16(9-7-14)18(20)10-11-21(2)13-15-4-3-5-17(19)12-15/h3-9,12,18H,10-11,13,20H2,1-2H3. The van der Waals surface area contributed by atoms with Gasteiger partial charge in [-0.25, -0.2) is 0 Å². The van der Waals surface area contributed by atoms with Gasteiger partial charge < -0.3 is 10.6 Å². The Kier molecular flexibility index (Phi) is 5.80. The zero-order valence-corrected chi connectivity index (χ0v) is 13.5. The van der Waals surface area contributed by atoms with Crippen molar-refractivity contribution in [3.63, 3.8) is 0 Å². The predicted molar refractivity (Wildman–Crippen MR) is 90.5 cm³/mol. The summed E-state index contributed by atoms with van der Waals surface area (Å²) < 4.78 is 0. The average Bonchev–Trinajstić information content (AvgIpc) is 2.45. The van der Waals surface area contributed by atoms with Crippen molar-refractivity contribution in [2.75, 3.05) is 13.6 Å². The molecule has 0 aliphatic heterocycles. The summed E-state index contributed by atoms with van der Waals surface area (Å²) in [6, 6.07) is 16.6. The quantitative estimate of drug-likeness (QED) is 0.868. The third-order valence-electron chi connectivity index (χ3n) is 3.67. The summed E-state index contributed by atoms with van der Waals surface area (Å²) in [5, 5.41) is 0.789. The van der Waals surface area contributed by atoms with Crippen LogP contribution in [0.15, 0.2) is 48.5 Å². The molecule has 0 heterocycles. The lowest BCUT2D eigenvalue weighted by atomic mass is 10.0. The number of aryl methyl sites for hydroxylation is 1. The van der Waals surface area contributed by atoms with E-state index in [4.69, 9.17) is 17.3 Å². The van der Waals surface area contributed by atoms with Crippen molar-refractivity contribution in [3.8, 4) is 0 Å². The Morgan fingerprint density at radius 2 is 1.86 bits per heavy atom. The van der Waals surface area contributed by atoms with E-state index in [1.54, 1.807) is 0 Å². The fourth-order valence-corrected chi connectivity index (χ4v) is 2.58. The molecule has 0 aliphatic rings. The van der Waals surface area contributed by atoms with Crippen LogP contribution >= 0.6 is 11.6 Å². The topological polar surface area (TPSA) is 29.3 Å². The number of nitrogens with zero attached hydrogens (tertiary/aromatic N) is 1. The van der Waals surface area contributed by atoms with E-state index in [9.17, 15) is 0 Å². The molecule has 0 bridgehead atoms. The lowest BCUT2D eigenvalue weighted by molar-refractivity contribution is 0.311. The van der Waals surface area contributed by atoms with Gasteiger partial charge in [-0.2, -0.15) is 0 Å². The van der Waals surface area contributed by atoms with Gasteiger partial charge in [-0.15, -0.1) is 0 Å². The summed E-state index contributed by atoms with van der Waals surface area (Å²) >= 11 is 6.01. The molecule has 0 aliphatic carbocycles. The second-order valence-corrected chi connectivity index (χ2v) is 6.11. The zero-order chi connectivity index (χ0) is 15.2. The molecule has 0 saturated carbocycles. The van der Waals surface area contributed by atoms with Crippen LogP contribution in [-0.4, -0.2) is 18.5 Å². The average molecular weight is 303 g/mol. The van der Waals surface area contributed by atoms with Crippen LogP contribution in [0.25, 0.3) is 0 Å². The molecule has 112 valence electrons. The van der Waals surface area contributed by atoms with Crippen molar-refractivity contribution in [1.29, 1.82) is 0 Å². The van der Waals surface area contributed by atoms with E-state index in [1.165, 1.54) is 16.7 Å². The first-order chi connectivity index (χ1) is 10.0. The minimum atomic E-state index is 0.0902. The maximum absolute atomic E-state index is 6.26. The highest BCUT2D eigenvalue weighted by molar-refractivity contribution is 6.30.